The van der Waals surface area contributed by atoms with E-state index in [0.29, 0.717) is 13.1 Å². The van der Waals surface area contributed by atoms with Gasteiger partial charge in [0.1, 0.15) is 0 Å². The molecule has 5 nitrogen and oxygen atoms in total. The molecule has 0 radical (unpaired) electrons. The molecule has 5 heteroatoms. The molecule has 2 saturated heterocycles. The first-order chi connectivity index (χ1) is 13.1. The second-order valence-electron chi connectivity index (χ2n) is 7.68. The number of nitrogens with zero attached hydrogens (tertiary/aromatic N) is 2. The quantitative estimate of drug-likeness (QED) is 0.890. The Balaban J connectivity index is 1.43. The van der Waals surface area contributed by atoms with Crippen molar-refractivity contribution in [2.75, 3.05) is 32.7 Å². The van der Waals surface area contributed by atoms with Gasteiger partial charge < -0.3 is 15.1 Å². The first kappa shape index (κ1) is 18.0. The van der Waals surface area contributed by atoms with Gasteiger partial charge in [-0.15, -0.1) is 0 Å². The molecule has 1 atom stereocenters. The summed E-state index contributed by atoms with van der Waals surface area (Å²) in [4.78, 5) is 29.9. The molecule has 0 spiro atoms. The van der Waals surface area contributed by atoms with Crippen molar-refractivity contribution in [1.82, 2.24) is 15.1 Å². The minimum atomic E-state index is 0.0436. The van der Waals surface area contributed by atoms with E-state index in [1.54, 1.807) is 0 Å². The molecular weight excluding hydrogens is 338 g/mol. The highest BCUT2D eigenvalue weighted by Gasteiger charge is 2.33. The van der Waals surface area contributed by atoms with Crippen LogP contribution >= 0.6 is 0 Å². The molecule has 2 heterocycles. The molecule has 2 aromatic carbocycles. The Bertz CT molecular complexity index is 837. The Labute approximate surface area is 160 Å². The van der Waals surface area contributed by atoms with Crippen LogP contribution < -0.4 is 5.32 Å². The molecule has 142 valence electrons. The number of carbonyl (C=O) groups is 2. The van der Waals surface area contributed by atoms with E-state index in [1.165, 1.54) is 0 Å². The largest absolute Gasteiger partial charge is 0.339 e. The molecule has 27 heavy (non-hydrogen) atoms. The van der Waals surface area contributed by atoms with Crippen molar-refractivity contribution in [1.29, 1.82) is 0 Å². The minimum Gasteiger partial charge on any atom is -0.339 e. The van der Waals surface area contributed by atoms with Gasteiger partial charge in [-0.3, -0.25) is 9.59 Å². The Morgan fingerprint density at radius 3 is 2.52 bits per heavy atom. The Morgan fingerprint density at radius 2 is 1.74 bits per heavy atom. The fourth-order valence-corrected chi connectivity index (χ4v) is 4.31. The second-order valence-corrected chi connectivity index (χ2v) is 7.68. The maximum Gasteiger partial charge on any atom is 0.254 e. The zero-order chi connectivity index (χ0) is 18.8. The number of benzene rings is 2. The van der Waals surface area contributed by atoms with E-state index in [0.717, 1.165) is 48.8 Å². The number of carbonyl (C=O) groups excluding carboxylic acids is 2. The van der Waals surface area contributed by atoms with Gasteiger partial charge in [-0.1, -0.05) is 36.4 Å². The van der Waals surface area contributed by atoms with Crippen LogP contribution in [-0.4, -0.2) is 60.4 Å². The highest BCUT2D eigenvalue weighted by Crippen LogP contribution is 2.25. The number of hydrogen-bond acceptors (Lipinski definition) is 3. The predicted molar refractivity (Wildman–Crippen MR) is 107 cm³/mol. The van der Waals surface area contributed by atoms with E-state index in [9.17, 15) is 9.59 Å². The van der Waals surface area contributed by atoms with Crippen molar-refractivity contribution >= 4 is 22.6 Å². The van der Waals surface area contributed by atoms with Crippen molar-refractivity contribution in [2.45, 2.75) is 25.8 Å². The third kappa shape index (κ3) is 3.56. The van der Waals surface area contributed by atoms with Crippen molar-refractivity contribution in [3.63, 3.8) is 0 Å². The van der Waals surface area contributed by atoms with Crippen molar-refractivity contribution in [3.8, 4) is 0 Å². The zero-order valence-corrected chi connectivity index (χ0v) is 15.9. The van der Waals surface area contributed by atoms with Crippen LogP contribution in [0.3, 0.4) is 0 Å². The smallest absolute Gasteiger partial charge is 0.254 e. The number of amides is 2. The summed E-state index contributed by atoms with van der Waals surface area (Å²) in [6, 6.07) is 14.1. The highest BCUT2D eigenvalue weighted by molar-refractivity contribution is 6.07. The lowest BCUT2D eigenvalue weighted by Gasteiger charge is -2.39. The summed E-state index contributed by atoms with van der Waals surface area (Å²) in [5, 5.41) is 5.41. The standard InChI is InChI=1S/C22H27N3O2/c1-16-15-23-11-14-25(16)21(26)18-9-12-24(13-10-18)22(27)20-8-4-6-17-5-2-3-7-19(17)20/h2-8,16,18,23H,9-15H2,1H3/t16-/m0/s1. The fraction of sp³-hybridized carbons (Fsp3) is 0.455. The SMILES string of the molecule is C[C@H]1CNCCN1C(=O)C1CCN(C(=O)c2cccc3ccccc23)CC1. The number of rotatable bonds is 2. The van der Waals surface area contributed by atoms with Crippen molar-refractivity contribution in [3.05, 3.63) is 48.0 Å². The van der Waals surface area contributed by atoms with Crippen LogP contribution in [0.4, 0.5) is 0 Å². The summed E-state index contributed by atoms with van der Waals surface area (Å²) in [5.74, 6) is 0.386. The average molecular weight is 365 g/mol. The van der Waals surface area contributed by atoms with Crippen LogP contribution in [0.5, 0.6) is 0 Å². The molecule has 2 aliphatic heterocycles. The van der Waals surface area contributed by atoms with Crippen LogP contribution in [0.25, 0.3) is 10.8 Å². The van der Waals surface area contributed by atoms with Crippen LogP contribution in [-0.2, 0) is 4.79 Å². The maximum absolute atomic E-state index is 13.1. The fourth-order valence-electron chi connectivity index (χ4n) is 4.31. The first-order valence-corrected chi connectivity index (χ1v) is 9.93. The van der Waals surface area contributed by atoms with E-state index in [4.69, 9.17) is 0 Å². The van der Waals surface area contributed by atoms with Crippen LogP contribution in [0.1, 0.15) is 30.1 Å². The van der Waals surface area contributed by atoms with Gasteiger partial charge in [0, 0.05) is 50.2 Å². The molecule has 1 N–H and O–H groups in total. The lowest BCUT2D eigenvalue weighted by Crippen LogP contribution is -2.55. The van der Waals surface area contributed by atoms with Gasteiger partial charge in [-0.05, 0) is 36.6 Å². The number of nitrogens with one attached hydrogen (secondary N) is 1. The highest BCUT2D eigenvalue weighted by atomic mass is 16.2. The summed E-state index contributed by atoms with van der Waals surface area (Å²) in [5.41, 5.74) is 0.758. The molecule has 0 aliphatic carbocycles. The third-order valence-electron chi connectivity index (χ3n) is 5.94. The molecule has 2 aliphatic rings. The van der Waals surface area contributed by atoms with Gasteiger partial charge in [-0.25, -0.2) is 0 Å². The third-order valence-corrected chi connectivity index (χ3v) is 5.94. The van der Waals surface area contributed by atoms with Crippen LogP contribution in [0, 0.1) is 5.92 Å². The van der Waals surface area contributed by atoms with E-state index in [2.05, 4.69) is 12.2 Å². The number of likely N-dealkylation sites (tertiary alicyclic amines) is 1. The van der Waals surface area contributed by atoms with E-state index in [1.807, 2.05) is 52.3 Å². The van der Waals surface area contributed by atoms with Crippen LogP contribution in [0.2, 0.25) is 0 Å². The van der Waals surface area contributed by atoms with Gasteiger partial charge >= 0.3 is 0 Å². The lowest BCUT2D eigenvalue weighted by molar-refractivity contribution is -0.139. The molecule has 2 fully saturated rings. The number of piperidine rings is 1. The molecular formula is C22H27N3O2. The second kappa shape index (κ2) is 7.69. The predicted octanol–water partition coefficient (Wildman–Crippen LogP) is 2.51. The summed E-state index contributed by atoms with van der Waals surface area (Å²) >= 11 is 0. The van der Waals surface area contributed by atoms with E-state index in [-0.39, 0.29) is 23.8 Å². The topological polar surface area (TPSA) is 52.7 Å². The summed E-state index contributed by atoms with van der Waals surface area (Å²) in [7, 11) is 0. The average Bonchev–Trinajstić information content (AvgIpc) is 2.73. The van der Waals surface area contributed by atoms with E-state index < -0.39 is 0 Å². The summed E-state index contributed by atoms with van der Waals surface area (Å²) in [6.07, 6.45) is 1.51. The van der Waals surface area contributed by atoms with Gasteiger partial charge in [-0.2, -0.15) is 0 Å². The zero-order valence-electron chi connectivity index (χ0n) is 15.9. The van der Waals surface area contributed by atoms with Gasteiger partial charge in [0.15, 0.2) is 0 Å². The maximum atomic E-state index is 13.1. The number of fused-ring (bicyclic) bond motifs is 1. The van der Waals surface area contributed by atoms with Gasteiger partial charge in [0.05, 0.1) is 0 Å². The molecule has 4 rings (SSSR count). The normalized spacial score (nSPS) is 21.4. The Kier molecular flexibility index (Phi) is 5.12. The van der Waals surface area contributed by atoms with Crippen molar-refractivity contribution < 1.29 is 9.59 Å². The molecule has 2 aromatic rings. The van der Waals surface area contributed by atoms with Gasteiger partial charge in [0.2, 0.25) is 5.91 Å². The summed E-state index contributed by atoms with van der Waals surface area (Å²) in [6.45, 7) is 5.93. The molecule has 2 amide bonds. The van der Waals surface area contributed by atoms with Crippen LogP contribution in [0.15, 0.2) is 42.5 Å². The Morgan fingerprint density at radius 1 is 1.00 bits per heavy atom. The van der Waals surface area contributed by atoms with Crippen molar-refractivity contribution in [2.24, 2.45) is 5.92 Å². The summed E-state index contributed by atoms with van der Waals surface area (Å²) < 4.78 is 0. The van der Waals surface area contributed by atoms with Gasteiger partial charge in [0.25, 0.3) is 5.91 Å². The monoisotopic (exact) mass is 365 g/mol. The molecule has 0 unspecified atom stereocenters. The number of piperazine rings is 1. The van der Waals surface area contributed by atoms with E-state index >= 15 is 0 Å². The Hall–Kier alpha value is -2.40. The molecule has 0 bridgehead atoms. The first-order valence-electron chi connectivity index (χ1n) is 9.93. The molecule has 0 aromatic heterocycles. The molecule has 0 saturated carbocycles. The lowest BCUT2D eigenvalue weighted by atomic mass is 9.93. The number of hydrogen-bond donors (Lipinski definition) is 1. The minimum absolute atomic E-state index is 0.0436.